The highest BCUT2D eigenvalue weighted by molar-refractivity contribution is 9.10. The van der Waals surface area contributed by atoms with Gasteiger partial charge in [0.15, 0.2) is 11.0 Å². The highest BCUT2D eigenvalue weighted by Gasteiger charge is 2.14. The van der Waals surface area contributed by atoms with E-state index in [9.17, 15) is 0 Å². The van der Waals surface area contributed by atoms with Gasteiger partial charge in [-0.1, -0.05) is 84.0 Å². The summed E-state index contributed by atoms with van der Waals surface area (Å²) in [5.74, 6) is 2.25. The average molecular weight is 428 g/mol. The van der Waals surface area contributed by atoms with Crippen LogP contribution in [0.15, 0.2) is 70.8 Å². The Hall–Kier alpha value is -1.85. The molecule has 1 heterocycles. The number of aromatic nitrogens is 3. The van der Waals surface area contributed by atoms with Gasteiger partial charge in [0.05, 0.1) is 0 Å². The number of hydrogen-bond acceptors (Lipinski definition) is 3. The van der Waals surface area contributed by atoms with E-state index in [1.165, 1.54) is 11.1 Å². The van der Waals surface area contributed by atoms with Crippen LogP contribution in [0.1, 0.15) is 30.9 Å². The second kappa shape index (κ2) is 8.69. The maximum Gasteiger partial charge on any atom is 0.192 e. The number of nitrogens with zero attached hydrogens (tertiary/aromatic N) is 3. The summed E-state index contributed by atoms with van der Waals surface area (Å²) in [6.07, 6.45) is 1.89. The summed E-state index contributed by atoms with van der Waals surface area (Å²) in [6.45, 7) is 8.98. The Balaban J connectivity index is 1.84. The number of rotatable bonds is 7. The normalized spacial score (nSPS) is 11.1. The molecule has 5 heteroatoms. The van der Waals surface area contributed by atoms with Gasteiger partial charge in [0.2, 0.25) is 0 Å². The molecule has 0 fully saturated rings. The van der Waals surface area contributed by atoms with Crippen LogP contribution in [0.3, 0.4) is 0 Å². The molecule has 0 radical (unpaired) electrons. The summed E-state index contributed by atoms with van der Waals surface area (Å²) in [5, 5.41) is 9.78. The van der Waals surface area contributed by atoms with E-state index in [0.29, 0.717) is 12.5 Å². The Bertz CT molecular complexity index is 885. The molecule has 2 aromatic carbocycles. The second-order valence-electron chi connectivity index (χ2n) is 6.40. The maximum absolute atomic E-state index is 4.44. The number of benzene rings is 2. The summed E-state index contributed by atoms with van der Waals surface area (Å²) in [5.41, 5.74) is 3.66. The molecule has 3 aromatic rings. The quantitative estimate of drug-likeness (QED) is 0.326. The molecule has 3 nitrogen and oxygen atoms in total. The van der Waals surface area contributed by atoms with Crippen molar-refractivity contribution < 1.29 is 0 Å². The fourth-order valence-corrected chi connectivity index (χ4v) is 4.03. The zero-order chi connectivity index (χ0) is 18.5. The van der Waals surface area contributed by atoms with E-state index in [2.05, 4.69) is 93.6 Å². The Morgan fingerprint density at radius 1 is 1.15 bits per heavy atom. The van der Waals surface area contributed by atoms with E-state index in [-0.39, 0.29) is 0 Å². The fourth-order valence-electron chi connectivity index (χ4n) is 2.69. The Kier molecular flexibility index (Phi) is 6.33. The zero-order valence-electron chi connectivity index (χ0n) is 15.0. The molecule has 1 aromatic heterocycles. The fraction of sp³-hybridized carbons (Fsp3) is 0.238. The van der Waals surface area contributed by atoms with Gasteiger partial charge in [-0.3, -0.25) is 4.57 Å². The predicted octanol–water partition coefficient (Wildman–Crippen LogP) is 6.31. The third kappa shape index (κ3) is 4.46. The van der Waals surface area contributed by atoms with Gasteiger partial charge >= 0.3 is 0 Å². The highest BCUT2D eigenvalue weighted by atomic mass is 79.9. The third-order valence-electron chi connectivity index (χ3n) is 4.12. The molecule has 0 N–H and O–H groups in total. The minimum atomic E-state index is 0.520. The van der Waals surface area contributed by atoms with Crippen molar-refractivity contribution in [1.82, 2.24) is 14.8 Å². The molecular formula is C21H22BrN3S. The zero-order valence-corrected chi connectivity index (χ0v) is 17.4. The number of halogens is 1. The van der Waals surface area contributed by atoms with Crippen LogP contribution in [0.5, 0.6) is 0 Å². The summed E-state index contributed by atoms with van der Waals surface area (Å²) < 4.78 is 3.22. The first-order chi connectivity index (χ1) is 12.6. The van der Waals surface area contributed by atoms with Crippen molar-refractivity contribution in [3.8, 4) is 11.4 Å². The molecule has 0 aliphatic heterocycles. The standard InChI is InChI=1S/C21H22BrN3S/c1-4-12-25-20(18-10-8-17(9-11-18)15(2)3)23-24-21(25)26-14-16-6-5-7-19(22)13-16/h4-11,13,15H,1,12,14H2,2-3H3. The van der Waals surface area contributed by atoms with Gasteiger partial charge in [-0.2, -0.15) is 0 Å². The Morgan fingerprint density at radius 2 is 1.92 bits per heavy atom. The minimum absolute atomic E-state index is 0.520. The lowest BCUT2D eigenvalue weighted by molar-refractivity contribution is 0.731. The lowest BCUT2D eigenvalue weighted by atomic mass is 10.0. The molecule has 26 heavy (non-hydrogen) atoms. The highest BCUT2D eigenvalue weighted by Crippen LogP contribution is 2.28. The van der Waals surface area contributed by atoms with Gasteiger partial charge < -0.3 is 0 Å². The van der Waals surface area contributed by atoms with Crippen molar-refractivity contribution >= 4 is 27.7 Å². The predicted molar refractivity (Wildman–Crippen MR) is 113 cm³/mol. The summed E-state index contributed by atoms with van der Waals surface area (Å²) in [4.78, 5) is 0. The number of thioether (sulfide) groups is 1. The topological polar surface area (TPSA) is 30.7 Å². The van der Waals surface area contributed by atoms with Gasteiger partial charge in [0.1, 0.15) is 0 Å². The average Bonchev–Trinajstić information content (AvgIpc) is 3.03. The summed E-state index contributed by atoms with van der Waals surface area (Å²) in [6, 6.07) is 16.9. The molecule has 0 unspecified atom stereocenters. The SMILES string of the molecule is C=CCn1c(SCc2cccc(Br)c2)nnc1-c1ccc(C(C)C)cc1. The van der Waals surface area contributed by atoms with Crippen LogP contribution in [0.4, 0.5) is 0 Å². The van der Waals surface area contributed by atoms with Crippen LogP contribution in [0.2, 0.25) is 0 Å². The van der Waals surface area contributed by atoms with Gasteiger partial charge in [0, 0.05) is 22.3 Å². The molecule has 0 aliphatic carbocycles. The molecular weight excluding hydrogens is 406 g/mol. The van der Waals surface area contributed by atoms with E-state index in [0.717, 1.165) is 26.8 Å². The molecule has 0 amide bonds. The summed E-state index contributed by atoms with van der Waals surface area (Å²) in [7, 11) is 0. The molecule has 0 saturated carbocycles. The van der Waals surface area contributed by atoms with Crippen LogP contribution in [0.25, 0.3) is 11.4 Å². The van der Waals surface area contributed by atoms with E-state index >= 15 is 0 Å². The maximum atomic E-state index is 4.44. The van der Waals surface area contributed by atoms with Crippen LogP contribution in [-0.4, -0.2) is 14.8 Å². The largest absolute Gasteiger partial charge is 0.298 e. The number of hydrogen-bond donors (Lipinski definition) is 0. The van der Waals surface area contributed by atoms with Crippen LogP contribution in [0, 0.1) is 0 Å². The van der Waals surface area contributed by atoms with Gasteiger partial charge in [-0.05, 0) is 29.2 Å². The first-order valence-electron chi connectivity index (χ1n) is 8.60. The molecule has 0 spiro atoms. The van der Waals surface area contributed by atoms with Gasteiger partial charge in [-0.15, -0.1) is 16.8 Å². The first kappa shape index (κ1) is 18.9. The van der Waals surface area contributed by atoms with Crippen LogP contribution in [-0.2, 0) is 12.3 Å². The van der Waals surface area contributed by atoms with Crippen molar-refractivity contribution in [3.63, 3.8) is 0 Å². The Labute approximate surface area is 167 Å². The monoisotopic (exact) mass is 427 g/mol. The lowest BCUT2D eigenvalue weighted by Crippen LogP contribution is -2.01. The van der Waals surface area contributed by atoms with Crippen molar-refractivity contribution in [3.05, 3.63) is 76.8 Å². The minimum Gasteiger partial charge on any atom is -0.298 e. The van der Waals surface area contributed by atoms with Crippen LogP contribution >= 0.6 is 27.7 Å². The van der Waals surface area contributed by atoms with Crippen molar-refractivity contribution in [2.75, 3.05) is 0 Å². The smallest absolute Gasteiger partial charge is 0.192 e. The first-order valence-corrected chi connectivity index (χ1v) is 10.4. The van der Waals surface area contributed by atoms with E-state index in [1.807, 2.05) is 12.1 Å². The van der Waals surface area contributed by atoms with E-state index < -0.39 is 0 Å². The molecule has 134 valence electrons. The second-order valence-corrected chi connectivity index (χ2v) is 8.26. The van der Waals surface area contributed by atoms with Gasteiger partial charge in [0.25, 0.3) is 0 Å². The van der Waals surface area contributed by atoms with Crippen molar-refractivity contribution in [2.45, 2.75) is 37.2 Å². The van der Waals surface area contributed by atoms with Crippen molar-refractivity contribution in [2.24, 2.45) is 0 Å². The lowest BCUT2D eigenvalue weighted by Gasteiger charge is -2.09. The summed E-state index contributed by atoms with van der Waals surface area (Å²) >= 11 is 5.22. The molecule has 0 atom stereocenters. The molecule has 3 rings (SSSR count). The third-order valence-corrected chi connectivity index (χ3v) is 5.65. The molecule has 0 bridgehead atoms. The Morgan fingerprint density at radius 3 is 2.58 bits per heavy atom. The van der Waals surface area contributed by atoms with E-state index in [1.54, 1.807) is 11.8 Å². The van der Waals surface area contributed by atoms with Gasteiger partial charge in [-0.25, -0.2) is 0 Å². The number of allylic oxidation sites excluding steroid dienone is 1. The van der Waals surface area contributed by atoms with Crippen molar-refractivity contribution in [1.29, 1.82) is 0 Å². The molecule has 0 saturated heterocycles. The molecule has 0 aliphatic rings. The van der Waals surface area contributed by atoms with Crippen LogP contribution < -0.4 is 0 Å². The van der Waals surface area contributed by atoms with E-state index in [4.69, 9.17) is 0 Å².